The van der Waals surface area contributed by atoms with Crippen LogP contribution in [0.1, 0.15) is 5.82 Å². The minimum absolute atomic E-state index is 0.331. The van der Waals surface area contributed by atoms with Crippen molar-refractivity contribution in [3.05, 3.63) is 83.6 Å². The van der Waals surface area contributed by atoms with E-state index in [0.29, 0.717) is 17.3 Å². The molecule has 0 bridgehead atoms. The van der Waals surface area contributed by atoms with Crippen molar-refractivity contribution >= 4 is 45.7 Å². The predicted octanol–water partition coefficient (Wildman–Crippen LogP) is 5.35. The highest BCUT2D eigenvalue weighted by atomic mass is 35.5. The summed E-state index contributed by atoms with van der Waals surface area (Å²) in [6.45, 7) is 2.45. The highest BCUT2D eigenvalue weighted by Gasteiger charge is 2.21. The van der Waals surface area contributed by atoms with Crippen molar-refractivity contribution in [3.8, 4) is 0 Å². The number of urea groups is 1. The summed E-state index contributed by atoms with van der Waals surface area (Å²) in [4.78, 5) is 19.3. The van der Waals surface area contributed by atoms with E-state index in [-0.39, 0.29) is 6.03 Å². The quantitative estimate of drug-likeness (QED) is 0.472. The van der Waals surface area contributed by atoms with Crippen molar-refractivity contribution in [1.29, 1.82) is 0 Å². The maximum atomic E-state index is 12.2. The van der Waals surface area contributed by atoms with Crippen LogP contribution in [-0.2, 0) is 13.1 Å². The third kappa shape index (κ3) is 3.57. The zero-order valence-corrected chi connectivity index (χ0v) is 16.9. The van der Waals surface area contributed by atoms with E-state index >= 15 is 0 Å². The molecule has 4 aromatic rings. The number of benzene rings is 3. The molecule has 0 unspecified atom stereocenters. The van der Waals surface area contributed by atoms with E-state index in [1.165, 1.54) is 5.52 Å². The van der Waals surface area contributed by atoms with Gasteiger partial charge in [0.15, 0.2) is 0 Å². The zero-order valence-electron chi connectivity index (χ0n) is 16.2. The van der Waals surface area contributed by atoms with Crippen LogP contribution in [-0.4, -0.2) is 22.1 Å². The number of nitrogens with zero attached hydrogens (tertiary/aromatic N) is 3. The normalized spacial score (nSPS) is 13.2. The third-order valence-electron chi connectivity index (χ3n) is 5.26. The molecule has 0 atom stereocenters. The lowest BCUT2D eigenvalue weighted by molar-refractivity contribution is 0.262. The van der Waals surface area contributed by atoms with Crippen molar-refractivity contribution < 1.29 is 4.79 Å². The van der Waals surface area contributed by atoms with Crippen LogP contribution >= 0.6 is 11.6 Å². The van der Waals surface area contributed by atoms with Gasteiger partial charge in [-0.2, -0.15) is 0 Å². The number of hydrogen-bond acceptors (Lipinski definition) is 3. The summed E-state index contributed by atoms with van der Waals surface area (Å²) in [6, 6.07) is 22.9. The van der Waals surface area contributed by atoms with Crippen LogP contribution in [0.5, 0.6) is 0 Å². The van der Waals surface area contributed by atoms with Crippen LogP contribution < -0.4 is 15.5 Å². The van der Waals surface area contributed by atoms with Gasteiger partial charge in [0.25, 0.3) is 0 Å². The lowest BCUT2D eigenvalue weighted by Crippen LogP contribution is -2.33. The van der Waals surface area contributed by atoms with Gasteiger partial charge in [-0.1, -0.05) is 41.9 Å². The average molecular weight is 418 g/mol. The summed E-state index contributed by atoms with van der Waals surface area (Å²) in [5.74, 6) is 1.04. The molecule has 0 aliphatic carbocycles. The Bertz CT molecular complexity index is 1220. The van der Waals surface area contributed by atoms with Gasteiger partial charge in [-0.15, -0.1) is 0 Å². The number of nitrogens with one attached hydrogen (secondary N) is 2. The summed E-state index contributed by atoms with van der Waals surface area (Å²) < 4.78 is 2.28. The molecule has 1 aliphatic heterocycles. The number of fused-ring (bicyclic) bond motifs is 3. The number of hydrogen-bond donors (Lipinski definition) is 2. The molecule has 2 amide bonds. The summed E-state index contributed by atoms with van der Waals surface area (Å²) in [7, 11) is 0. The molecule has 1 aliphatic rings. The molecule has 150 valence electrons. The van der Waals surface area contributed by atoms with Gasteiger partial charge < -0.3 is 20.1 Å². The van der Waals surface area contributed by atoms with Gasteiger partial charge >= 0.3 is 6.03 Å². The Morgan fingerprint density at radius 3 is 2.57 bits per heavy atom. The summed E-state index contributed by atoms with van der Waals surface area (Å²) in [5.41, 5.74) is 4.50. The van der Waals surface area contributed by atoms with Crippen molar-refractivity contribution in [2.24, 2.45) is 0 Å². The molecule has 0 saturated heterocycles. The number of amides is 2. The van der Waals surface area contributed by atoms with Crippen molar-refractivity contribution in [3.63, 3.8) is 0 Å². The lowest BCUT2D eigenvalue weighted by Gasteiger charge is -2.30. The van der Waals surface area contributed by atoms with Gasteiger partial charge in [0.2, 0.25) is 0 Å². The Hall–Kier alpha value is -3.51. The molecular weight excluding hydrogens is 398 g/mol. The zero-order chi connectivity index (χ0) is 20.5. The molecule has 0 spiro atoms. The third-order valence-corrected chi connectivity index (χ3v) is 5.57. The Balaban J connectivity index is 1.30. The fourth-order valence-electron chi connectivity index (χ4n) is 3.79. The van der Waals surface area contributed by atoms with Crippen molar-refractivity contribution in [2.75, 3.05) is 22.1 Å². The van der Waals surface area contributed by atoms with Crippen LogP contribution in [0.15, 0.2) is 72.8 Å². The fraction of sp³-hybridized carbons (Fsp3) is 0.130. The van der Waals surface area contributed by atoms with Gasteiger partial charge in [0.1, 0.15) is 5.82 Å². The highest BCUT2D eigenvalue weighted by Crippen LogP contribution is 2.30. The number of para-hydroxylation sites is 3. The molecule has 1 aromatic heterocycles. The number of carbonyl (C=O) groups is 1. The first-order valence-electron chi connectivity index (χ1n) is 9.79. The molecule has 2 N–H and O–H groups in total. The van der Waals surface area contributed by atoms with E-state index in [9.17, 15) is 4.79 Å². The number of carbonyl (C=O) groups excluding carboxylic acids is 1. The number of imidazole rings is 1. The van der Waals surface area contributed by atoms with Crippen LogP contribution in [0.4, 0.5) is 21.9 Å². The van der Waals surface area contributed by atoms with E-state index in [2.05, 4.69) is 26.2 Å². The minimum atomic E-state index is -0.331. The molecule has 30 heavy (non-hydrogen) atoms. The van der Waals surface area contributed by atoms with Gasteiger partial charge in [0.05, 0.1) is 28.3 Å². The fourth-order valence-corrected chi connectivity index (χ4v) is 4.02. The number of aromatic nitrogens is 2. The van der Waals surface area contributed by atoms with Gasteiger partial charge in [-0.05, 0) is 42.5 Å². The molecule has 0 radical (unpaired) electrons. The first-order valence-corrected chi connectivity index (χ1v) is 10.2. The van der Waals surface area contributed by atoms with Crippen LogP contribution in [0, 0.1) is 0 Å². The van der Waals surface area contributed by atoms with Crippen LogP contribution in [0.25, 0.3) is 11.0 Å². The monoisotopic (exact) mass is 417 g/mol. The number of rotatable bonds is 3. The highest BCUT2D eigenvalue weighted by molar-refractivity contribution is 6.34. The van der Waals surface area contributed by atoms with Gasteiger partial charge in [-0.25, -0.2) is 9.78 Å². The molecule has 0 saturated carbocycles. The smallest absolute Gasteiger partial charge is 0.323 e. The largest absolute Gasteiger partial charge is 0.362 e. The van der Waals surface area contributed by atoms with Crippen molar-refractivity contribution in [2.45, 2.75) is 13.1 Å². The Morgan fingerprint density at radius 1 is 0.933 bits per heavy atom. The maximum Gasteiger partial charge on any atom is 0.323 e. The molecular formula is C23H20ClN5O. The minimum Gasteiger partial charge on any atom is -0.362 e. The molecule has 6 nitrogen and oxygen atoms in total. The van der Waals surface area contributed by atoms with E-state index < -0.39 is 0 Å². The standard InChI is InChI=1S/C23H20ClN5O/c24-18-14-17(10-11-19(18)27-23(30)25-16-6-2-1-3-7-16)28-12-13-29-21-9-5-4-8-20(21)26-22(29)15-28/h1-11,14H,12-13,15H2,(H2,25,27,30). The molecule has 3 aromatic carbocycles. The number of halogens is 1. The Morgan fingerprint density at radius 2 is 1.73 bits per heavy atom. The number of anilines is 3. The summed E-state index contributed by atoms with van der Waals surface area (Å²) in [5, 5.41) is 6.09. The Kier molecular flexibility index (Phi) is 4.77. The topological polar surface area (TPSA) is 62.2 Å². The second kappa shape index (κ2) is 7.72. The van der Waals surface area contributed by atoms with Crippen molar-refractivity contribution in [1.82, 2.24) is 9.55 Å². The molecule has 2 heterocycles. The predicted molar refractivity (Wildman–Crippen MR) is 121 cm³/mol. The van der Waals surface area contributed by atoms with E-state index in [4.69, 9.17) is 16.6 Å². The van der Waals surface area contributed by atoms with Crippen LogP contribution in [0.3, 0.4) is 0 Å². The second-order valence-corrected chi connectivity index (χ2v) is 7.61. The van der Waals surface area contributed by atoms with E-state index in [1.54, 1.807) is 0 Å². The van der Waals surface area contributed by atoms with E-state index in [0.717, 1.165) is 35.8 Å². The first kappa shape index (κ1) is 18.5. The summed E-state index contributed by atoms with van der Waals surface area (Å²) >= 11 is 6.47. The summed E-state index contributed by atoms with van der Waals surface area (Å²) in [6.07, 6.45) is 0. The second-order valence-electron chi connectivity index (χ2n) is 7.20. The first-order chi connectivity index (χ1) is 14.7. The Labute approximate surface area is 179 Å². The maximum absolute atomic E-state index is 12.2. The average Bonchev–Trinajstić information content (AvgIpc) is 3.13. The van der Waals surface area contributed by atoms with Crippen LogP contribution in [0.2, 0.25) is 5.02 Å². The molecule has 5 rings (SSSR count). The molecule has 7 heteroatoms. The molecule has 0 fully saturated rings. The van der Waals surface area contributed by atoms with E-state index in [1.807, 2.05) is 66.7 Å². The van der Waals surface area contributed by atoms with Gasteiger partial charge in [-0.3, -0.25) is 0 Å². The SMILES string of the molecule is O=C(Nc1ccccc1)Nc1ccc(N2CCn3c(nc4ccccc43)C2)cc1Cl. The van der Waals surface area contributed by atoms with Gasteiger partial charge in [0, 0.05) is 24.5 Å². The lowest BCUT2D eigenvalue weighted by atomic mass is 10.2.